The minimum atomic E-state index is -4.86. The van der Waals surface area contributed by atoms with E-state index in [-0.39, 0.29) is 22.2 Å². The van der Waals surface area contributed by atoms with E-state index in [2.05, 4.69) is 25.1 Å². The third-order valence-corrected chi connectivity index (χ3v) is 5.03. The SMILES string of the molecule is C[C@@H](NC(=O)c1cnc(Cl)c(-c2ccn3nc(N)nc3c2)c1)c1ccccc1OC(F)(F)F. The minimum absolute atomic E-state index is 0.105. The molecule has 4 rings (SSSR count). The molecule has 0 aliphatic heterocycles. The van der Waals surface area contributed by atoms with Crippen molar-refractivity contribution in [3.63, 3.8) is 0 Å². The Hall–Kier alpha value is -3.86. The van der Waals surface area contributed by atoms with Crippen molar-refractivity contribution in [2.45, 2.75) is 19.3 Å². The van der Waals surface area contributed by atoms with Gasteiger partial charge in [-0.2, -0.15) is 4.98 Å². The van der Waals surface area contributed by atoms with Crippen LogP contribution in [0.15, 0.2) is 54.9 Å². The third-order valence-electron chi connectivity index (χ3n) is 4.72. The van der Waals surface area contributed by atoms with E-state index in [1.807, 2.05) is 0 Å². The number of aromatic nitrogens is 4. The summed E-state index contributed by atoms with van der Waals surface area (Å²) >= 11 is 6.24. The van der Waals surface area contributed by atoms with Crippen molar-refractivity contribution < 1.29 is 22.7 Å². The van der Waals surface area contributed by atoms with E-state index in [1.54, 1.807) is 31.3 Å². The van der Waals surface area contributed by atoms with E-state index in [4.69, 9.17) is 17.3 Å². The van der Waals surface area contributed by atoms with Gasteiger partial charge in [-0.15, -0.1) is 18.3 Å². The lowest BCUT2D eigenvalue weighted by molar-refractivity contribution is -0.275. The molecule has 0 radical (unpaired) electrons. The van der Waals surface area contributed by atoms with E-state index in [9.17, 15) is 18.0 Å². The van der Waals surface area contributed by atoms with E-state index in [1.165, 1.54) is 35.0 Å². The van der Waals surface area contributed by atoms with Crippen LogP contribution in [0, 0.1) is 0 Å². The molecule has 0 fully saturated rings. The lowest BCUT2D eigenvalue weighted by atomic mass is 10.1. The Morgan fingerprint density at radius 2 is 2.00 bits per heavy atom. The number of carbonyl (C=O) groups is 1. The molecule has 0 saturated heterocycles. The number of benzene rings is 1. The van der Waals surface area contributed by atoms with Gasteiger partial charge in [0.25, 0.3) is 5.91 Å². The fraction of sp³-hybridized carbons (Fsp3) is 0.143. The lowest BCUT2D eigenvalue weighted by Crippen LogP contribution is -2.28. The second-order valence-electron chi connectivity index (χ2n) is 7.03. The maximum absolute atomic E-state index is 12.8. The second kappa shape index (κ2) is 8.58. The van der Waals surface area contributed by atoms with E-state index < -0.39 is 24.1 Å². The Kier molecular flexibility index (Phi) is 5.81. The lowest BCUT2D eigenvalue weighted by Gasteiger charge is -2.19. The Morgan fingerprint density at radius 3 is 2.76 bits per heavy atom. The normalized spacial score (nSPS) is 12.5. The van der Waals surface area contributed by atoms with Crippen LogP contribution in [0.25, 0.3) is 16.8 Å². The van der Waals surface area contributed by atoms with Crippen LogP contribution in [0.4, 0.5) is 19.1 Å². The summed E-state index contributed by atoms with van der Waals surface area (Å²) in [4.78, 5) is 21.0. The molecule has 0 unspecified atom stereocenters. The molecule has 8 nitrogen and oxygen atoms in total. The van der Waals surface area contributed by atoms with Crippen LogP contribution < -0.4 is 15.8 Å². The Bertz CT molecular complexity index is 1340. The summed E-state index contributed by atoms with van der Waals surface area (Å²) < 4.78 is 43.7. The smallest absolute Gasteiger partial charge is 0.405 e. The number of fused-ring (bicyclic) bond motifs is 1. The number of nitrogens with one attached hydrogen (secondary N) is 1. The van der Waals surface area contributed by atoms with Gasteiger partial charge in [-0.3, -0.25) is 4.79 Å². The van der Waals surface area contributed by atoms with Crippen LogP contribution in [0.5, 0.6) is 5.75 Å². The molecule has 1 amide bonds. The summed E-state index contributed by atoms with van der Waals surface area (Å²) in [6, 6.07) is 9.72. The molecule has 3 heterocycles. The number of amides is 1. The molecule has 0 bridgehead atoms. The zero-order chi connectivity index (χ0) is 23.8. The molecule has 3 aromatic heterocycles. The highest BCUT2D eigenvalue weighted by molar-refractivity contribution is 6.32. The zero-order valence-corrected chi connectivity index (χ0v) is 17.7. The van der Waals surface area contributed by atoms with E-state index in [0.29, 0.717) is 16.8 Å². The van der Waals surface area contributed by atoms with E-state index in [0.717, 1.165) is 0 Å². The maximum atomic E-state index is 12.8. The number of hydrogen-bond acceptors (Lipinski definition) is 6. The molecular weight excluding hydrogens is 461 g/mol. The highest BCUT2D eigenvalue weighted by atomic mass is 35.5. The monoisotopic (exact) mass is 476 g/mol. The summed E-state index contributed by atoms with van der Waals surface area (Å²) in [5, 5.41) is 6.81. The number of anilines is 1. The van der Waals surface area contributed by atoms with Crippen molar-refractivity contribution >= 4 is 29.1 Å². The molecule has 3 N–H and O–H groups in total. The molecule has 0 spiro atoms. The third kappa shape index (κ3) is 4.98. The van der Waals surface area contributed by atoms with Gasteiger partial charge in [0.1, 0.15) is 10.9 Å². The summed E-state index contributed by atoms with van der Waals surface area (Å²) in [5.41, 5.74) is 7.50. The summed E-state index contributed by atoms with van der Waals surface area (Å²) in [7, 11) is 0. The van der Waals surface area contributed by atoms with Crippen molar-refractivity contribution in [1.82, 2.24) is 24.9 Å². The number of nitrogens with two attached hydrogens (primary N) is 1. The quantitative estimate of drug-likeness (QED) is 0.413. The number of carbonyl (C=O) groups excluding carboxylic acids is 1. The predicted octanol–water partition coefficient (Wildman–Crippen LogP) is 4.42. The first kappa shape index (κ1) is 22.3. The molecule has 33 heavy (non-hydrogen) atoms. The summed E-state index contributed by atoms with van der Waals surface area (Å²) in [6.45, 7) is 1.55. The second-order valence-corrected chi connectivity index (χ2v) is 7.39. The van der Waals surface area contributed by atoms with Crippen LogP contribution in [-0.2, 0) is 0 Å². The van der Waals surface area contributed by atoms with Crippen molar-refractivity contribution in [2.75, 3.05) is 5.73 Å². The van der Waals surface area contributed by atoms with Gasteiger partial charge < -0.3 is 15.8 Å². The van der Waals surface area contributed by atoms with Gasteiger partial charge in [-0.05, 0) is 36.8 Å². The number of hydrogen-bond donors (Lipinski definition) is 2. The number of pyridine rings is 2. The van der Waals surface area contributed by atoms with Gasteiger partial charge in [0, 0.05) is 23.5 Å². The van der Waals surface area contributed by atoms with Gasteiger partial charge in [-0.1, -0.05) is 29.8 Å². The number of nitrogen functional groups attached to an aromatic ring is 1. The Morgan fingerprint density at radius 1 is 1.24 bits per heavy atom. The summed E-state index contributed by atoms with van der Waals surface area (Å²) in [6.07, 6.45) is -1.94. The van der Waals surface area contributed by atoms with Crippen molar-refractivity contribution in [1.29, 1.82) is 0 Å². The number of halogens is 4. The van der Waals surface area contributed by atoms with Crippen LogP contribution in [-0.4, -0.2) is 31.9 Å². The van der Waals surface area contributed by atoms with Gasteiger partial charge >= 0.3 is 6.36 Å². The van der Waals surface area contributed by atoms with Crippen LogP contribution in [0.3, 0.4) is 0 Å². The van der Waals surface area contributed by atoms with Crippen molar-refractivity contribution in [3.05, 3.63) is 71.1 Å². The molecule has 1 atom stereocenters. The first-order chi connectivity index (χ1) is 15.6. The number of para-hydroxylation sites is 1. The van der Waals surface area contributed by atoms with Crippen molar-refractivity contribution in [2.24, 2.45) is 0 Å². The fourth-order valence-corrected chi connectivity index (χ4v) is 3.47. The fourth-order valence-electron chi connectivity index (χ4n) is 3.25. The van der Waals surface area contributed by atoms with Gasteiger partial charge in [0.2, 0.25) is 5.95 Å². The number of ether oxygens (including phenoxy) is 1. The topological polar surface area (TPSA) is 107 Å². The molecule has 4 aromatic rings. The molecule has 170 valence electrons. The molecular formula is C21H16ClF3N6O2. The molecule has 1 aromatic carbocycles. The van der Waals surface area contributed by atoms with Gasteiger partial charge in [-0.25, -0.2) is 9.50 Å². The van der Waals surface area contributed by atoms with Gasteiger partial charge in [0.05, 0.1) is 11.6 Å². The zero-order valence-electron chi connectivity index (χ0n) is 17.0. The standard InChI is InChI=1S/C21H16ClF3N6O2/c1-11(14-4-2-3-5-16(14)33-21(23,24)25)28-19(32)13-8-15(18(22)27-10-13)12-6-7-31-17(9-12)29-20(26)30-31/h2-11H,1H3,(H2,26,30)(H,28,32)/t11-/m1/s1. The number of nitrogens with zero attached hydrogens (tertiary/aromatic N) is 4. The molecule has 12 heteroatoms. The minimum Gasteiger partial charge on any atom is -0.405 e. The average molecular weight is 477 g/mol. The largest absolute Gasteiger partial charge is 0.573 e. The first-order valence-corrected chi connectivity index (χ1v) is 9.92. The van der Waals surface area contributed by atoms with E-state index >= 15 is 0 Å². The predicted molar refractivity (Wildman–Crippen MR) is 115 cm³/mol. The Balaban J connectivity index is 1.59. The number of rotatable bonds is 5. The molecule has 0 saturated carbocycles. The van der Waals surface area contributed by atoms with Crippen LogP contribution in [0.1, 0.15) is 28.9 Å². The molecule has 0 aliphatic rings. The summed E-state index contributed by atoms with van der Waals surface area (Å²) in [5.74, 6) is -0.843. The average Bonchev–Trinajstić information content (AvgIpc) is 3.12. The van der Waals surface area contributed by atoms with Gasteiger partial charge in [0.15, 0.2) is 5.65 Å². The number of alkyl halides is 3. The highest BCUT2D eigenvalue weighted by Gasteiger charge is 2.32. The maximum Gasteiger partial charge on any atom is 0.573 e. The van der Waals surface area contributed by atoms with Crippen LogP contribution in [0.2, 0.25) is 5.15 Å². The first-order valence-electron chi connectivity index (χ1n) is 9.54. The Labute approximate surface area is 190 Å². The van der Waals surface area contributed by atoms with Crippen LogP contribution >= 0.6 is 11.6 Å². The molecule has 0 aliphatic carbocycles. The highest BCUT2D eigenvalue weighted by Crippen LogP contribution is 2.31. The van der Waals surface area contributed by atoms with Crippen molar-refractivity contribution in [3.8, 4) is 16.9 Å².